The van der Waals surface area contributed by atoms with E-state index in [1.807, 2.05) is 0 Å². The summed E-state index contributed by atoms with van der Waals surface area (Å²) in [6.07, 6.45) is 12.3. The van der Waals surface area contributed by atoms with Crippen LogP contribution in [0.3, 0.4) is 0 Å². The van der Waals surface area contributed by atoms with Crippen LogP contribution < -0.4 is 11.1 Å². The molecule has 2 fully saturated rings. The molecule has 0 aromatic heterocycles. The fourth-order valence-electron chi connectivity index (χ4n) is 3.45. The van der Waals surface area contributed by atoms with Gasteiger partial charge in [0.05, 0.1) is 5.54 Å². The third kappa shape index (κ3) is 4.48. The molecule has 0 spiro atoms. The largest absolute Gasteiger partial charge is 0.349 e. The van der Waals surface area contributed by atoms with E-state index >= 15 is 0 Å². The van der Waals surface area contributed by atoms with Gasteiger partial charge in [-0.3, -0.25) is 4.79 Å². The highest BCUT2D eigenvalue weighted by Crippen LogP contribution is 2.39. The molecule has 0 aliphatic heterocycles. The van der Waals surface area contributed by atoms with Crippen molar-refractivity contribution in [2.24, 2.45) is 17.6 Å². The van der Waals surface area contributed by atoms with E-state index in [0.29, 0.717) is 18.9 Å². The first-order valence-electron chi connectivity index (χ1n) is 8.15. The van der Waals surface area contributed by atoms with Crippen LogP contribution in [-0.2, 0) is 4.79 Å². The van der Waals surface area contributed by atoms with Gasteiger partial charge in [0.25, 0.3) is 0 Å². The maximum absolute atomic E-state index is 12.0. The molecule has 0 heterocycles. The fraction of sp³-hybridized carbons (Fsp3) is 0.938. The minimum Gasteiger partial charge on any atom is -0.349 e. The highest BCUT2D eigenvalue weighted by Gasteiger charge is 2.41. The van der Waals surface area contributed by atoms with Crippen LogP contribution in [0, 0.1) is 11.8 Å². The lowest BCUT2D eigenvalue weighted by Crippen LogP contribution is -2.53. The van der Waals surface area contributed by atoms with Gasteiger partial charge in [-0.2, -0.15) is 0 Å². The predicted molar refractivity (Wildman–Crippen MR) is 78.8 cm³/mol. The van der Waals surface area contributed by atoms with Crippen molar-refractivity contribution in [3.05, 3.63) is 0 Å². The average molecular weight is 266 g/mol. The lowest BCUT2D eigenvalue weighted by Gasteiger charge is -2.29. The van der Waals surface area contributed by atoms with Gasteiger partial charge in [0.1, 0.15) is 0 Å². The maximum atomic E-state index is 12.0. The summed E-state index contributed by atoms with van der Waals surface area (Å²) in [5.74, 6) is 1.70. The molecule has 110 valence electrons. The monoisotopic (exact) mass is 266 g/mol. The second-order valence-corrected chi connectivity index (χ2v) is 6.84. The molecule has 3 heteroatoms. The molecule has 1 unspecified atom stereocenters. The SMILES string of the molecule is CC(CN)(NC(=O)CCCC1CCCCC1)C1CC1. The Kier molecular flexibility index (Phi) is 5.26. The molecular weight excluding hydrogens is 236 g/mol. The number of hydrogen-bond donors (Lipinski definition) is 2. The van der Waals surface area contributed by atoms with E-state index in [-0.39, 0.29) is 11.4 Å². The summed E-state index contributed by atoms with van der Waals surface area (Å²) in [7, 11) is 0. The molecular formula is C16H30N2O. The second-order valence-electron chi connectivity index (χ2n) is 6.84. The van der Waals surface area contributed by atoms with E-state index < -0.39 is 0 Å². The zero-order valence-corrected chi connectivity index (χ0v) is 12.4. The zero-order chi connectivity index (χ0) is 13.7. The average Bonchev–Trinajstić information content (AvgIpc) is 3.24. The Hall–Kier alpha value is -0.570. The van der Waals surface area contributed by atoms with E-state index in [1.54, 1.807) is 0 Å². The van der Waals surface area contributed by atoms with Crippen molar-refractivity contribution in [3.8, 4) is 0 Å². The van der Waals surface area contributed by atoms with Crippen LogP contribution in [0.5, 0.6) is 0 Å². The molecule has 3 nitrogen and oxygen atoms in total. The first-order valence-corrected chi connectivity index (χ1v) is 8.15. The molecule has 19 heavy (non-hydrogen) atoms. The van der Waals surface area contributed by atoms with Crippen LogP contribution >= 0.6 is 0 Å². The van der Waals surface area contributed by atoms with Crippen LogP contribution in [0.1, 0.15) is 71.1 Å². The van der Waals surface area contributed by atoms with Gasteiger partial charge in [-0.1, -0.05) is 32.1 Å². The smallest absolute Gasteiger partial charge is 0.220 e. The maximum Gasteiger partial charge on any atom is 0.220 e. The molecule has 2 saturated carbocycles. The van der Waals surface area contributed by atoms with E-state index in [1.165, 1.54) is 51.4 Å². The third-order valence-corrected chi connectivity index (χ3v) is 5.07. The summed E-state index contributed by atoms with van der Waals surface area (Å²) in [4.78, 5) is 12.0. The lowest BCUT2D eigenvalue weighted by molar-refractivity contribution is -0.123. The van der Waals surface area contributed by atoms with Gasteiger partial charge in [-0.25, -0.2) is 0 Å². The van der Waals surface area contributed by atoms with Gasteiger partial charge in [0.15, 0.2) is 0 Å². The molecule has 1 amide bonds. The van der Waals surface area contributed by atoms with E-state index in [4.69, 9.17) is 5.73 Å². The molecule has 0 radical (unpaired) electrons. The summed E-state index contributed by atoms with van der Waals surface area (Å²) in [5.41, 5.74) is 5.68. The lowest BCUT2D eigenvalue weighted by atomic mass is 9.86. The number of carbonyl (C=O) groups is 1. The Morgan fingerprint density at radius 2 is 1.89 bits per heavy atom. The highest BCUT2D eigenvalue weighted by atomic mass is 16.1. The van der Waals surface area contributed by atoms with Gasteiger partial charge in [0.2, 0.25) is 5.91 Å². The Bertz CT molecular complexity index is 295. The van der Waals surface area contributed by atoms with Crippen LogP contribution in [0.2, 0.25) is 0 Å². The molecule has 0 aromatic carbocycles. The Labute approximate surface area is 117 Å². The first kappa shape index (κ1) is 14.8. The van der Waals surface area contributed by atoms with E-state index in [0.717, 1.165) is 12.3 Å². The molecule has 0 bridgehead atoms. The Morgan fingerprint density at radius 3 is 2.47 bits per heavy atom. The molecule has 2 aliphatic carbocycles. The second kappa shape index (κ2) is 6.74. The van der Waals surface area contributed by atoms with Crippen molar-refractivity contribution in [1.82, 2.24) is 5.32 Å². The summed E-state index contributed by atoms with van der Waals surface area (Å²) in [6.45, 7) is 2.66. The van der Waals surface area contributed by atoms with Gasteiger partial charge >= 0.3 is 0 Å². The number of nitrogens with one attached hydrogen (secondary N) is 1. The van der Waals surface area contributed by atoms with Crippen molar-refractivity contribution < 1.29 is 4.79 Å². The van der Waals surface area contributed by atoms with Gasteiger partial charge in [-0.15, -0.1) is 0 Å². The first-order chi connectivity index (χ1) is 9.14. The molecule has 2 rings (SSSR count). The standard InChI is InChI=1S/C16H30N2O/c1-16(12-17,14-10-11-14)18-15(19)9-5-8-13-6-3-2-4-7-13/h13-14H,2-12,17H2,1H3,(H,18,19). The Morgan fingerprint density at radius 1 is 1.21 bits per heavy atom. The van der Waals surface area contributed by atoms with Crippen LogP contribution in [-0.4, -0.2) is 18.0 Å². The number of carbonyl (C=O) groups excluding carboxylic acids is 1. The molecule has 0 aromatic rings. The number of nitrogens with two attached hydrogens (primary N) is 1. The molecule has 0 saturated heterocycles. The number of rotatable bonds is 7. The zero-order valence-electron chi connectivity index (χ0n) is 12.4. The third-order valence-electron chi connectivity index (χ3n) is 5.07. The van der Waals surface area contributed by atoms with Crippen LogP contribution in [0.4, 0.5) is 0 Å². The Balaban J connectivity index is 1.63. The number of hydrogen-bond acceptors (Lipinski definition) is 2. The summed E-state index contributed by atoms with van der Waals surface area (Å²) in [5, 5.41) is 3.18. The van der Waals surface area contributed by atoms with Gasteiger partial charge in [0, 0.05) is 13.0 Å². The summed E-state index contributed by atoms with van der Waals surface area (Å²) in [6, 6.07) is 0. The summed E-state index contributed by atoms with van der Waals surface area (Å²) >= 11 is 0. The predicted octanol–water partition coefficient (Wildman–Crippen LogP) is 2.98. The van der Waals surface area contributed by atoms with Crippen molar-refractivity contribution in [2.75, 3.05) is 6.54 Å². The van der Waals surface area contributed by atoms with Crippen LogP contribution in [0.15, 0.2) is 0 Å². The van der Waals surface area contributed by atoms with Crippen molar-refractivity contribution in [2.45, 2.75) is 76.7 Å². The minimum absolute atomic E-state index is 0.151. The summed E-state index contributed by atoms with van der Waals surface area (Å²) < 4.78 is 0. The fourth-order valence-corrected chi connectivity index (χ4v) is 3.45. The normalized spacial score (nSPS) is 23.9. The highest BCUT2D eigenvalue weighted by molar-refractivity contribution is 5.76. The van der Waals surface area contributed by atoms with Crippen molar-refractivity contribution >= 4 is 5.91 Å². The van der Waals surface area contributed by atoms with Crippen molar-refractivity contribution in [1.29, 1.82) is 0 Å². The van der Waals surface area contributed by atoms with E-state index in [9.17, 15) is 4.79 Å². The van der Waals surface area contributed by atoms with Gasteiger partial charge in [-0.05, 0) is 44.4 Å². The minimum atomic E-state index is -0.151. The number of amides is 1. The van der Waals surface area contributed by atoms with E-state index in [2.05, 4.69) is 12.2 Å². The molecule has 3 N–H and O–H groups in total. The topological polar surface area (TPSA) is 55.1 Å². The molecule has 1 atom stereocenters. The quantitative estimate of drug-likeness (QED) is 0.744. The van der Waals surface area contributed by atoms with Crippen molar-refractivity contribution in [3.63, 3.8) is 0 Å². The molecule has 2 aliphatic rings. The van der Waals surface area contributed by atoms with Crippen LogP contribution in [0.25, 0.3) is 0 Å². The van der Waals surface area contributed by atoms with Gasteiger partial charge < -0.3 is 11.1 Å².